The smallest absolute Gasteiger partial charge is 0.314 e. The number of nitro benzene ring substituents is 1. The summed E-state index contributed by atoms with van der Waals surface area (Å²) >= 11 is 2.12. The van der Waals surface area contributed by atoms with Crippen LogP contribution >= 0.6 is 22.6 Å². The van der Waals surface area contributed by atoms with E-state index in [-0.39, 0.29) is 15.4 Å². The average molecular weight is 392 g/mol. The number of halogens is 1. The molecule has 0 unspecified atom stereocenters. The lowest BCUT2D eigenvalue weighted by Crippen LogP contribution is -2.08. The zero-order chi connectivity index (χ0) is 15.1. The third kappa shape index (κ3) is 4.14. The van der Waals surface area contributed by atoms with E-state index in [0.717, 1.165) is 0 Å². The minimum Gasteiger partial charge on any atom is -0.496 e. The maximum atomic E-state index is 11.1. The molecule has 0 aliphatic heterocycles. The Morgan fingerprint density at radius 1 is 1.50 bits per heavy atom. The molecule has 0 aromatic heterocycles. The van der Waals surface area contributed by atoms with Crippen LogP contribution < -0.4 is 9.47 Å². The van der Waals surface area contributed by atoms with Gasteiger partial charge >= 0.3 is 5.69 Å². The van der Waals surface area contributed by atoms with E-state index in [1.807, 2.05) is 0 Å². The molecule has 108 valence electrons. The molecule has 0 radical (unpaired) electrons. The molecule has 1 aromatic rings. The molecule has 9 heteroatoms. The van der Waals surface area contributed by atoms with Gasteiger partial charge in [0.2, 0.25) is 0 Å². The van der Waals surface area contributed by atoms with Crippen molar-refractivity contribution < 1.29 is 14.4 Å². The lowest BCUT2D eigenvalue weighted by atomic mass is 10.1. The summed E-state index contributed by atoms with van der Waals surface area (Å²) in [6.45, 7) is 0.297. The molecule has 0 fully saturated rings. The van der Waals surface area contributed by atoms with Gasteiger partial charge in [0.15, 0.2) is 5.75 Å². The van der Waals surface area contributed by atoms with Gasteiger partial charge in [0.25, 0.3) is 0 Å². The van der Waals surface area contributed by atoms with Crippen molar-refractivity contribution in [3.05, 3.63) is 38.3 Å². The molecular formula is C11H13IN4O4. The van der Waals surface area contributed by atoms with Gasteiger partial charge in [-0.1, -0.05) is 27.7 Å². The van der Waals surface area contributed by atoms with Crippen LogP contribution in [0.2, 0.25) is 0 Å². The number of methoxy groups -OCH3 is 2. The zero-order valence-electron chi connectivity index (χ0n) is 10.9. The van der Waals surface area contributed by atoms with Crippen LogP contribution in [0.5, 0.6) is 11.5 Å². The molecule has 0 N–H and O–H groups in total. The van der Waals surface area contributed by atoms with E-state index >= 15 is 0 Å². The van der Waals surface area contributed by atoms with Crippen LogP contribution in [-0.4, -0.2) is 29.6 Å². The number of hydrogen-bond donors (Lipinski definition) is 0. The summed E-state index contributed by atoms with van der Waals surface area (Å²) in [6.07, 6.45) is 0.473. The van der Waals surface area contributed by atoms with Crippen LogP contribution in [-0.2, 0) is 6.42 Å². The fraction of sp³-hybridized carbons (Fsp3) is 0.455. The fourth-order valence-corrected chi connectivity index (χ4v) is 2.36. The highest BCUT2D eigenvalue weighted by molar-refractivity contribution is 14.1. The number of hydrogen-bond acceptors (Lipinski definition) is 5. The molecular weight excluding hydrogens is 379 g/mol. The van der Waals surface area contributed by atoms with Gasteiger partial charge in [-0.25, -0.2) is 0 Å². The summed E-state index contributed by atoms with van der Waals surface area (Å²) in [4.78, 5) is 13.2. The van der Waals surface area contributed by atoms with Crippen molar-refractivity contribution in [2.75, 3.05) is 20.8 Å². The molecule has 0 bridgehead atoms. The van der Waals surface area contributed by atoms with E-state index in [1.54, 1.807) is 6.07 Å². The summed E-state index contributed by atoms with van der Waals surface area (Å²) in [6, 6.07) is 3.01. The number of benzene rings is 1. The van der Waals surface area contributed by atoms with E-state index < -0.39 is 4.92 Å². The maximum absolute atomic E-state index is 11.1. The van der Waals surface area contributed by atoms with Gasteiger partial charge in [-0.2, -0.15) is 0 Å². The molecule has 0 aliphatic rings. The van der Waals surface area contributed by atoms with Gasteiger partial charge in [0, 0.05) is 20.9 Å². The highest BCUT2D eigenvalue weighted by Gasteiger charge is 2.22. The first-order valence-corrected chi connectivity index (χ1v) is 6.82. The Kier molecular flexibility index (Phi) is 6.32. The van der Waals surface area contributed by atoms with Crippen molar-refractivity contribution >= 4 is 28.3 Å². The number of azide groups is 1. The molecule has 0 heterocycles. The van der Waals surface area contributed by atoms with Crippen LogP contribution in [0.15, 0.2) is 17.2 Å². The normalized spacial score (nSPS) is 11.3. The molecule has 0 amide bonds. The van der Waals surface area contributed by atoms with Crippen LogP contribution in [0.1, 0.15) is 5.56 Å². The molecule has 8 nitrogen and oxygen atoms in total. The van der Waals surface area contributed by atoms with Gasteiger partial charge in [0.05, 0.1) is 25.2 Å². The Morgan fingerprint density at radius 3 is 2.70 bits per heavy atom. The first-order valence-electron chi connectivity index (χ1n) is 5.57. The summed E-state index contributed by atoms with van der Waals surface area (Å²) in [7, 11) is 2.82. The quantitative estimate of drug-likeness (QED) is 0.135. The predicted molar refractivity (Wildman–Crippen MR) is 81.7 cm³/mol. The van der Waals surface area contributed by atoms with Crippen LogP contribution in [0.25, 0.3) is 10.4 Å². The highest BCUT2D eigenvalue weighted by Crippen LogP contribution is 2.36. The lowest BCUT2D eigenvalue weighted by Gasteiger charge is -2.13. The van der Waals surface area contributed by atoms with Crippen molar-refractivity contribution in [1.29, 1.82) is 0 Å². The molecule has 0 saturated carbocycles. The van der Waals surface area contributed by atoms with Crippen LogP contribution in [0.4, 0.5) is 5.69 Å². The minimum absolute atomic E-state index is 0.00381. The van der Waals surface area contributed by atoms with E-state index in [0.29, 0.717) is 24.3 Å². The second-order valence-electron chi connectivity index (χ2n) is 3.81. The minimum atomic E-state index is -0.513. The summed E-state index contributed by atoms with van der Waals surface area (Å²) in [5.41, 5.74) is 8.80. The zero-order valence-corrected chi connectivity index (χ0v) is 13.1. The van der Waals surface area contributed by atoms with E-state index in [2.05, 4.69) is 32.6 Å². The number of alkyl halides is 1. The Balaban J connectivity index is 3.18. The number of rotatable bonds is 7. The molecule has 1 aromatic carbocycles. The summed E-state index contributed by atoms with van der Waals surface area (Å²) < 4.78 is 10.2. The predicted octanol–water partition coefficient (Wildman–Crippen LogP) is 3.27. The summed E-state index contributed by atoms with van der Waals surface area (Å²) in [5, 5.41) is 14.6. The average Bonchev–Trinajstić information content (AvgIpc) is 2.43. The van der Waals surface area contributed by atoms with Gasteiger partial charge < -0.3 is 9.47 Å². The standard InChI is InChI=1S/C11H13IN4O4/c1-19-9-4-7(3-8(12)6-14-15-13)11(20-2)10(5-9)16(17)18/h4-5,8H,3,6H2,1-2H3/t8-/m1/s1. The third-order valence-corrected chi connectivity index (χ3v) is 3.37. The number of nitro groups is 1. The van der Waals surface area contributed by atoms with Crippen molar-refractivity contribution in [2.45, 2.75) is 10.3 Å². The van der Waals surface area contributed by atoms with Crippen molar-refractivity contribution in [2.24, 2.45) is 5.11 Å². The van der Waals surface area contributed by atoms with Crippen LogP contribution in [0.3, 0.4) is 0 Å². The summed E-state index contributed by atoms with van der Waals surface area (Å²) in [5.74, 6) is 0.596. The Morgan fingerprint density at radius 2 is 2.20 bits per heavy atom. The molecule has 1 rings (SSSR count). The molecule has 20 heavy (non-hydrogen) atoms. The first kappa shape index (κ1) is 16.3. The maximum Gasteiger partial charge on any atom is 0.314 e. The van der Waals surface area contributed by atoms with Crippen LogP contribution in [0, 0.1) is 10.1 Å². The van der Waals surface area contributed by atoms with Gasteiger partial charge in [-0.05, 0) is 18.0 Å². The largest absolute Gasteiger partial charge is 0.496 e. The molecule has 1 atom stereocenters. The Bertz CT molecular complexity index is 545. The van der Waals surface area contributed by atoms with Crippen molar-refractivity contribution in [3.63, 3.8) is 0 Å². The Hall–Kier alpha value is -1.74. The monoisotopic (exact) mass is 392 g/mol. The Labute approximate surface area is 129 Å². The fourth-order valence-electron chi connectivity index (χ4n) is 1.71. The second kappa shape index (κ2) is 7.75. The molecule has 0 saturated heterocycles. The van der Waals surface area contributed by atoms with E-state index in [1.165, 1.54) is 20.3 Å². The molecule has 0 aliphatic carbocycles. The number of ether oxygens (including phenoxy) is 2. The van der Waals surface area contributed by atoms with Gasteiger partial charge in [-0.3, -0.25) is 10.1 Å². The third-order valence-electron chi connectivity index (χ3n) is 2.54. The lowest BCUT2D eigenvalue weighted by molar-refractivity contribution is -0.385. The van der Waals surface area contributed by atoms with Crippen molar-refractivity contribution in [1.82, 2.24) is 0 Å². The van der Waals surface area contributed by atoms with Crippen molar-refractivity contribution in [3.8, 4) is 11.5 Å². The van der Waals surface area contributed by atoms with Gasteiger partial charge in [0.1, 0.15) is 5.75 Å². The first-order chi connectivity index (χ1) is 9.53. The SMILES string of the molecule is COc1cc(C[C@@H](I)CN=[N+]=[N-])c(OC)c([N+](=O)[O-])c1. The van der Waals surface area contributed by atoms with Gasteiger partial charge in [-0.15, -0.1) is 0 Å². The topological polar surface area (TPSA) is 110 Å². The number of nitrogens with zero attached hydrogens (tertiary/aromatic N) is 4. The second-order valence-corrected chi connectivity index (χ2v) is 5.57. The van der Waals surface area contributed by atoms with E-state index in [9.17, 15) is 10.1 Å². The highest BCUT2D eigenvalue weighted by atomic mass is 127. The van der Waals surface area contributed by atoms with E-state index in [4.69, 9.17) is 15.0 Å². The molecule has 0 spiro atoms.